The van der Waals surface area contributed by atoms with Crippen molar-refractivity contribution in [1.29, 1.82) is 0 Å². The summed E-state index contributed by atoms with van der Waals surface area (Å²) in [5.74, 6) is 0.808. The first-order valence-corrected chi connectivity index (χ1v) is 7.45. The highest BCUT2D eigenvalue weighted by Crippen LogP contribution is 2.01. The van der Waals surface area contributed by atoms with E-state index in [2.05, 4.69) is 22.9 Å². The van der Waals surface area contributed by atoms with Crippen molar-refractivity contribution in [3.63, 3.8) is 0 Å². The summed E-state index contributed by atoms with van der Waals surface area (Å²) in [7, 11) is -0.866. The molecule has 0 radical (unpaired) electrons. The Kier molecular flexibility index (Phi) is 6.16. The second kappa shape index (κ2) is 5.98. The highest BCUT2D eigenvalue weighted by atomic mass is 79.9. The molecule has 1 unspecified atom stereocenters. The minimum absolute atomic E-state index is 0.249. The molecule has 0 N–H and O–H groups in total. The first-order valence-electron chi connectivity index (χ1n) is 4.27. The number of nitrogens with zero attached hydrogens (tertiary/aromatic N) is 1. The van der Waals surface area contributed by atoms with Gasteiger partial charge in [0.15, 0.2) is 0 Å². The normalized spacial score (nSPS) is 14.8. The Bertz CT molecular complexity index is 228. The van der Waals surface area contributed by atoms with Gasteiger partial charge in [-0.1, -0.05) is 22.9 Å². The van der Waals surface area contributed by atoms with Crippen molar-refractivity contribution in [2.24, 2.45) is 5.92 Å². The molecule has 0 bridgehead atoms. The molecule has 0 saturated heterocycles. The first kappa shape index (κ1) is 13.4. The standard InChI is InChI=1S/C8H18BrNO2S/c1-8(6-9)7-10(2)4-5-13(3,11)12/h8H,4-7H2,1-3H3. The van der Waals surface area contributed by atoms with Crippen molar-refractivity contribution < 1.29 is 8.42 Å². The van der Waals surface area contributed by atoms with E-state index in [0.29, 0.717) is 12.5 Å². The van der Waals surface area contributed by atoms with Gasteiger partial charge < -0.3 is 4.90 Å². The van der Waals surface area contributed by atoms with E-state index < -0.39 is 9.84 Å². The molecule has 0 aromatic rings. The zero-order valence-electron chi connectivity index (χ0n) is 8.46. The Morgan fingerprint density at radius 1 is 1.46 bits per heavy atom. The van der Waals surface area contributed by atoms with Gasteiger partial charge in [-0.25, -0.2) is 8.42 Å². The largest absolute Gasteiger partial charge is 0.305 e. The van der Waals surface area contributed by atoms with Crippen LogP contribution in [0.5, 0.6) is 0 Å². The van der Waals surface area contributed by atoms with Crippen LogP contribution in [0.3, 0.4) is 0 Å². The summed E-state index contributed by atoms with van der Waals surface area (Å²) in [5.41, 5.74) is 0. The molecule has 0 amide bonds. The van der Waals surface area contributed by atoms with Crippen LogP contribution in [-0.2, 0) is 9.84 Å². The second-order valence-corrected chi connectivity index (χ2v) is 6.56. The molecule has 3 nitrogen and oxygen atoms in total. The monoisotopic (exact) mass is 271 g/mol. The van der Waals surface area contributed by atoms with Crippen LogP contribution in [0.25, 0.3) is 0 Å². The third-order valence-corrected chi connectivity index (χ3v) is 3.76. The van der Waals surface area contributed by atoms with Crippen molar-refractivity contribution in [2.45, 2.75) is 6.92 Å². The Balaban J connectivity index is 3.69. The van der Waals surface area contributed by atoms with Crippen LogP contribution in [0.2, 0.25) is 0 Å². The van der Waals surface area contributed by atoms with Gasteiger partial charge in [0.05, 0.1) is 5.75 Å². The molecule has 80 valence electrons. The lowest BCUT2D eigenvalue weighted by Gasteiger charge is -2.19. The second-order valence-electron chi connectivity index (χ2n) is 3.65. The fourth-order valence-corrected chi connectivity index (χ4v) is 1.84. The number of hydrogen-bond acceptors (Lipinski definition) is 3. The zero-order valence-corrected chi connectivity index (χ0v) is 10.9. The van der Waals surface area contributed by atoms with Crippen LogP contribution >= 0.6 is 15.9 Å². The molecule has 0 rings (SSSR count). The molecule has 0 aromatic heterocycles. The fourth-order valence-electron chi connectivity index (χ4n) is 0.994. The van der Waals surface area contributed by atoms with Gasteiger partial charge in [0.2, 0.25) is 0 Å². The van der Waals surface area contributed by atoms with Crippen molar-refractivity contribution in [2.75, 3.05) is 37.5 Å². The first-order chi connectivity index (χ1) is 5.85. The minimum Gasteiger partial charge on any atom is -0.305 e. The van der Waals surface area contributed by atoms with Crippen LogP contribution in [-0.4, -0.2) is 50.8 Å². The lowest BCUT2D eigenvalue weighted by atomic mass is 10.2. The Labute approximate surface area is 89.5 Å². The number of rotatable bonds is 6. The highest BCUT2D eigenvalue weighted by molar-refractivity contribution is 9.09. The molecule has 0 aliphatic carbocycles. The molecule has 0 heterocycles. The quantitative estimate of drug-likeness (QED) is 0.677. The zero-order chi connectivity index (χ0) is 10.5. The van der Waals surface area contributed by atoms with Crippen LogP contribution < -0.4 is 0 Å². The highest BCUT2D eigenvalue weighted by Gasteiger charge is 2.08. The van der Waals surface area contributed by atoms with E-state index in [4.69, 9.17) is 0 Å². The smallest absolute Gasteiger partial charge is 0.148 e. The SMILES string of the molecule is CC(CBr)CN(C)CCS(C)(=O)=O. The maximum Gasteiger partial charge on any atom is 0.148 e. The summed E-state index contributed by atoms with van der Waals surface area (Å²) in [6.45, 7) is 3.68. The van der Waals surface area contributed by atoms with Crippen molar-refractivity contribution in [1.82, 2.24) is 4.90 Å². The van der Waals surface area contributed by atoms with E-state index in [9.17, 15) is 8.42 Å². The minimum atomic E-state index is -2.82. The third-order valence-electron chi connectivity index (χ3n) is 1.73. The number of alkyl halides is 1. The average Bonchev–Trinajstić information content (AvgIpc) is 1.99. The molecular formula is C8H18BrNO2S. The Morgan fingerprint density at radius 2 is 2.00 bits per heavy atom. The molecular weight excluding hydrogens is 254 g/mol. The summed E-state index contributed by atoms with van der Waals surface area (Å²) in [6.07, 6.45) is 1.27. The van der Waals surface area contributed by atoms with E-state index in [-0.39, 0.29) is 5.75 Å². The molecule has 13 heavy (non-hydrogen) atoms. The van der Waals surface area contributed by atoms with Gasteiger partial charge in [0, 0.05) is 24.7 Å². The van der Waals surface area contributed by atoms with Crippen LogP contribution in [0.1, 0.15) is 6.92 Å². The lowest BCUT2D eigenvalue weighted by molar-refractivity contribution is 0.314. The van der Waals surface area contributed by atoms with Crippen molar-refractivity contribution in [3.8, 4) is 0 Å². The summed E-state index contributed by atoms with van der Waals surface area (Å²) >= 11 is 3.39. The van der Waals surface area contributed by atoms with Gasteiger partial charge in [-0.05, 0) is 13.0 Å². The average molecular weight is 272 g/mol. The number of halogens is 1. The van der Waals surface area contributed by atoms with E-state index in [1.54, 1.807) is 0 Å². The van der Waals surface area contributed by atoms with E-state index in [1.165, 1.54) is 6.26 Å². The fraction of sp³-hybridized carbons (Fsp3) is 1.00. The van der Waals surface area contributed by atoms with Gasteiger partial charge in [0.25, 0.3) is 0 Å². The maximum atomic E-state index is 10.9. The third kappa shape index (κ3) is 8.71. The van der Waals surface area contributed by atoms with Gasteiger partial charge in [0.1, 0.15) is 9.84 Å². The predicted molar refractivity (Wildman–Crippen MR) is 60.2 cm³/mol. The Morgan fingerprint density at radius 3 is 2.38 bits per heavy atom. The van der Waals surface area contributed by atoms with Gasteiger partial charge in [-0.2, -0.15) is 0 Å². The Hall–Kier alpha value is 0.390. The van der Waals surface area contributed by atoms with Gasteiger partial charge in [-0.15, -0.1) is 0 Å². The maximum absolute atomic E-state index is 10.9. The van der Waals surface area contributed by atoms with E-state index in [0.717, 1.165) is 11.9 Å². The summed E-state index contributed by atoms with van der Waals surface area (Å²) in [6, 6.07) is 0. The molecule has 0 fully saturated rings. The van der Waals surface area contributed by atoms with Gasteiger partial charge in [-0.3, -0.25) is 0 Å². The molecule has 0 aliphatic heterocycles. The van der Waals surface area contributed by atoms with E-state index >= 15 is 0 Å². The number of sulfone groups is 1. The molecule has 1 atom stereocenters. The van der Waals surface area contributed by atoms with E-state index in [1.807, 2.05) is 11.9 Å². The molecule has 0 aliphatic rings. The van der Waals surface area contributed by atoms with Gasteiger partial charge >= 0.3 is 0 Å². The van der Waals surface area contributed by atoms with Crippen LogP contribution in [0.15, 0.2) is 0 Å². The van der Waals surface area contributed by atoms with Crippen molar-refractivity contribution >= 4 is 25.8 Å². The summed E-state index contributed by atoms with van der Waals surface area (Å²) in [4.78, 5) is 2.05. The van der Waals surface area contributed by atoms with Crippen LogP contribution in [0.4, 0.5) is 0 Å². The topological polar surface area (TPSA) is 37.4 Å². The molecule has 0 saturated carbocycles. The van der Waals surface area contributed by atoms with Crippen LogP contribution in [0, 0.1) is 5.92 Å². The number of hydrogen-bond donors (Lipinski definition) is 0. The molecule has 0 spiro atoms. The summed E-state index contributed by atoms with van der Waals surface area (Å²) < 4.78 is 21.7. The summed E-state index contributed by atoms with van der Waals surface area (Å²) in [5, 5.41) is 0.955. The van der Waals surface area contributed by atoms with Crippen molar-refractivity contribution in [3.05, 3.63) is 0 Å². The molecule has 0 aromatic carbocycles. The lowest BCUT2D eigenvalue weighted by Crippen LogP contribution is -2.29. The molecule has 5 heteroatoms. The predicted octanol–water partition coefficient (Wildman–Crippen LogP) is 0.994.